The van der Waals surface area contributed by atoms with Gasteiger partial charge in [0.2, 0.25) is 0 Å². The zero-order valence-corrected chi connectivity index (χ0v) is 11.2. The van der Waals surface area contributed by atoms with Gasteiger partial charge < -0.3 is 10.1 Å². The summed E-state index contributed by atoms with van der Waals surface area (Å²) in [5, 5.41) is 4.19. The first-order valence-corrected chi connectivity index (χ1v) is 6.91. The van der Waals surface area contributed by atoms with E-state index in [9.17, 15) is 4.79 Å². The van der Waals surface area contributed by atoms with Crippen molar-refractivity contribution in [2.45, 2.75) is 31.9 Å². The molecule has 0 spiro atoms. The summed E-state index contributed by atoms with van der Waals surface area (Å²) in [4.78, 5) is 20.2. The quantitative estimate of drug-likeness (QED) is 0.863. The van der Waals surface area contributed by atoms with E-state index in [2.05, 4.69) is 15.3 Å². The summed E-state index contributed by atoms with van der Waals surface area (Å²) in [5.41, 5.74) is 1.74. The highest BCUT2D eigenvalue weighted by molar-refractivity contribution is 5.78. The largest absolute Gasteiger partial charge is 0.460 e. The van der Waals surface area contributed by atoms with E-state index in [1.807, 2.05) is 12.1 Å². The molecular formula is C15H17N3O2. The smallest absolute Gasteiger partial charge is 0.323 e. The average molecular weight is 271 g/mol. The fourth-order valence-corrected chi connectivity index (χ4v) is 2.40. The second-order valence-corrected chi connectivity index (χ2v) is 5.02. The highest BCUT2D eigenvalue weighted by Gasteiger charge is 2.21. The molecule has 20 heavy (non-hydrogen) atoms. The fraction of sp³-hybridized carbons (Fsp3) is 0.400. The van der Waals surface area contributed by atoms with Crippen LogP contribution >= 0.6 is 0 Å². The van der Waals surface area contributed by atoms with Crippen LogP contribution < -0.4 is 5.32 Å². The second-order valence-electron chi connectivity index (χ2n) is 5.02. The lowest BCUT2D eigenvalue weighted by molar-refractivity contribution is -0.148. The Kier molecular flexibility index (Phi) is 3.87. The highest BCUT2D eigenvalue weighted by Crippen LogP contribution is 2.13. The minimum Gasteiger partial charge on any atom is -0.460 e. The van der Waals surface area contributed by atoms with Crippen LogP contribution in [-0.2, 0) is 16.1 Å². The van der Waals surface area contributed by atoms with Crippen molar-refractivity contribution in [3.8, 4) is 0 Å². The van der Waals surface area contributed by atoms with Gasteiger partial charge in [0.25, 0.3) is 0 Å². The number of fused-ring (bicyclic) bond motifs is 1. The molecule has 0 bridgehead atoms. The number of ether oxygens (including phenoxy) is 1. The molecular weight excluding hydrogens is 254 g/mol. The normalized spacial score (nSPS) is 18.9. The number of carbonyl (C=O) groups is 1. The van der Waals surface area contributed by atoms with Crippen molar-refractivity contribution >= 4 is 16.9 Å². The van der Waals surface area contributed by atoms with Gasteiger partial charge in [0.05, 0.1) is 11.7 Å². The van der Waals surface area contributed by atoms with E-state index < -0.39 is 0 Å². The van der Waals surface area contributed by atoms with Gasteiger partial charge >= 0.3 is 5.97 Å². The van der Waals surface area contributed by atoms with Crippen LogP contribution in [0.3, 0.4) is 0 Å². The molecule has 2 aromatic rings. The van der Waals surface area contributed by atoms with E-state index >= 15 is 0 Å². The van der Waals surface area contributed by atoms with Gasteiger partial charge in [0.1, 0.15) is 12.6 Å². The summed E-state index contributed by atoms with van der Waals surface area (Å²) in [6, 6.07) is 3.73. The predicted octanol–water partition coefficient (Wildman–Crippen LogP) is 1.82. The minimum absolute atomic E-state index is 0.152. The van der Waals surface area contributed by atoms with Crippen LogP contribution in [0.15, 0.2) is 30.7 Å². The molecule has 1 unspecified atom stereocenters. The first-order chi connectivity index (χ1) is 9.83. The van der Waals surface area contributed by atoms with Gasteiger partial charge in [-0.1, -0.05) is 6.42 Å². The van der Waals surface area contributed by atoms with E-state index in [-0.39, 0.29) is 18.6 Å². The Morgan fingerprint density at radius 2 is 2.35 bits per heavy atom. The van der Waals surface area contributed by atoms with Crippen molar-refractivity contribution in [3.05, 3.63) is 36.3 Å². The lowest BCUT2D eigenvalue weighted by atomic mass is 10.1. The number of rotatable bonds is 3. The second kappa shape index (κ2) is 5.96. The van der Waals surface area contributed by atoms with E-state index in [4.69, 9.17) is 4.74 Å². The van der Waals surface area contributed by atoms with E-state index in [1.54, 1.807) is 18.6 Å². The Labute approximate surface area is 117 Å². The maximum absolute atomic E-state index is 11.9. The number of carbonyl (C=O) groups excluding carboxylic acids is 1. The molecule has 1 fully saturated rings. The van der Waals surface area contributed by atoms with Gasteiger partial charge in [0, 0.05) is 23.3 Å². The van der Waals surface area contributed by atoms with Gasteiger partial charge in [-0.3, -0.25) is 14.8 Å². The molecule has 104 valence electrons. The van der Waals surface area contributed by atoms with Crippen molar-refractivity contribution in [1.82, 2.24) is 15.3 Å². The number of hydrogen-bond acceptors (Lipinski definition) is 5. The number of piperidine rings is 1. The SMILES string of the molecule is O=C(OCc1cnc2cnccc2c1)C1CCCCN1. The van der Waals surface area contributed by atoms with Crippen LogP contribution in [0, 0.1) is 0 Å². The Morgan fingerprint density at radius 1 is 1.40 bits per heavy atom. The Bertz CT molecular complexity index is 609. The lowest BCUT2D eigenvalue weighted by Crippen LogP contribution is -2.41. The van der Waals surface area contributed by atoms with Crippen LogP contribution in [0.25, 0.3) is 10.9 Å². The zero-order valence-electron chi connectivity index (χ0n) is 11.2. The minimum atomic E-state index is -0.167. The van der Waals surface area contributed by atoms with Crippen LogP contribution in [0.5, 0.6) is 0 Å². The Morgan fingerprint density at radius 3 is 3.20 bits per heavy atom. The summed E-state index contributed by atoms with van der Waals surface area (Å²) in [6.07, 6.45) is 8.25. The van der Waals surface area contributed by atoms with E-state index in [0.29, 0.717) is 0 Å². The number of nitrogens with zero attached hydrogens (tertiary/aromatic N) is 2. The first kappa shape index (κ1) is 13.0. The van der Waals surface area contributed by atoms with Crippen LogP contribution in [0.1, 0.15) is 24.8 Å². The molecule has 0 aliphatic carbocycles. The van der Waals surface area contributed by atoms with Gasteiger partial charge in [-0.15, -0.1) is 0 Å². The molecule has 5 heteroatoms. The molecule has 3 rings (SSSR count). The molecule has 0 amide bonds. The summed E-state index contributed by atoms with van der Waals surface area (Å²) in [6.45, 7) is 1.16. The fourth-order valence-electron chi connectivity index (χ4n) is 2.40. The number of pyridine rings is 2. The molecule has 1 saturated heterocycles. The first-order valence-electron chi connectivity index (χ1n) is 6.91. The molecule has 0 aromatic carbocycles. The molecule has 1 atom stereocenters. The summed E-state index contributed by atoms with van der Waals surface area (Å²) in [7, 11) is 0. The highest BCUT2D eigenvalue weighted by atomic mass is 16.5. The van der Waals surface area contributed by atoms with Gasteiger partial charge in [-0.05, 0) is 31.5 Å². The van der Waals surface area contributed by atoms with Crippen molar-refractivity contribution in [2.75, 3.05) is 6.54 Å². The Hall–Kier alpha value is -2.01. The molecule has 3 heterocycles. The van der Waals surface area contributed by atoms with Crippen molar-refractivity contribution in [2.24, 2.45) is 0 Å². The predicted molar refractivity (Wildman–Crippen MR) is 75.0 cm³/mol. The summed E-state index contributed by atoms with van der Waals surface area (Å²) >= 11 is 0. The third-order valence-corrected chi connectivity index (χ3v) is 3.52. The van der Waals surface area contributed by atoms with Gasteiger partial charge in [0.15, 0.2) is 0 Å². The average Bonchev–Trinajstić information content (AvgIpc) is 2.53. The maximum Gasteiger partial charge on any atom is 0.323 e. The van der Waals surface area contributed by atoms with Gasteiger partial charge in [-0.25, -0.2) is 0 Å². The third kappa shape index (κ3) is 2.93. The summed E-state index contributed by atoms with van der Waals surface area (Å²) < 4.78 is 5.36. The zero-order chi connectivity index (χ0) is 13.8. The molecule has 1 N–H and O–H groups in total. The molecule has 0 saturated carbocycles. The maximum atomic E-state index is 11.9. The topological polar surface area (TPSA) is 64.1 Å². The molecule has 2 aromatic heterocycles. The molecule has 0 radical (unpaired) electrons. The number of aromatic nitrogens is 2. The van der Waals surface area contributed by atoms with Crippen molar-refractivity contribution in [1.29, 1.82) is 0 Å². The Balaban J connectivity index is 1.62. The van der Waals surface area contributed by atoms with E-state index in [1.165, 1.54) is 0 Å². The lowest BCUT2D eigenvalue weighted by Gasteiger charge is -2.21. The monoisotopic (exact) mass is 271 g/mol. The van der Waals surface area contributed by atoms with Crippen LogP contribution in [0.4, 0.5) is 0 Å². The number of nitrogens with one attached hydrogen (secondary N) is 1. The summed E-state index contributed by atoms with van der Waals surface area (Å²) in [5.74, 6) is -0.167. The van der Waals surface area contributed by atoms with Crippen LogP contribution in [0.2, 0.25) is 0 Å². The number of hydrogen-bond donors (Lipinski definition) is 1. The molecule has 5 nitrogen and oxygen atoms in total. The molecule has 1 aliphatic heterocycles. The van der Waals surface area contributed by atoms with Crippen LogP contribution in [-0.4, -0.2) is 28.5 Å². The van der Waals surface area contributed by atoms with E-state index in [0.717, 1.165) is 42.3 Å². The number of esters is 1. The van der Waals surface area contributed by atoms with Crippen molar-refractivity contribution < 1.29 is 9.53 Å². The van der Waals surface area contributed by atoms with Crippen molar-refractivity contribution in [3.63, 3.8) is 0 Å². The molecule has 1 aliphatic rings. The van der Waals surface area contributed by atoms with Gasteiger partial charge in [-0.2, -0.15) is 0 Å². The third-order valence-electron chi connectivity index (χ3n) is 3.52. The standard InChI is InChI=1S/C15H17N3O2/c19-15(13-3-1-2-5-17-13)20-10-11-7-12-4-6-16-9-14(12)18-8-11/h4,6-9,13,17H,1-3,5,10H2.